The van der Waals surface area contributed by atoms with Gasteiger partial charge in [0, 0.05) is 18.5 Å². The van der Waals surface area contributed by atoms with Crippen LogP contribution in [0.15, 0.2) is 16.6 Å². The highest BCUT2D eigenvalue weighted by atomic mass is 79.9. The van der Waals surface area contributed by atoms with Gasteiger partial charge in [-0.15, -0.1) is 0 Å². The minimum absolute atomic E-state index is 0.0704. The van der Waals surface area contributed by atoms with Crippen molar-refractivity contribution in [2.45, 2.75) is 19.4 Å². The number of amides is 1. The molecule has 6 heteroatoms. The fourth-order valence-electron chi connectivity index (χ4n) is 1.11. The molecule has 0 aromatic heterocycles. The van der Waals surface area contributed by atoms with Crippen LogP contribution in [0.3, 0.4) is 0 Å². The van der Waals surface area contributed by atoms with Gasteiger partial charge in [0.05, 0.1) is 10.2 Å². The molecule has 1 atom stereocenters. The molecule has 3 nitrogen and oxygen atoms in total. The number of anilines is 1. The zero-order valence-corrected chi connectivity index (χ0v) is 10.1. The molecule has 0 aliphatic heterocycles. The zero-order valence-electron chi connectivity index (χ0n) is 8.56. The number of hydrogen-bond acceptors (Lipinski definition) is 2. The Morgan fingerprint density at radius 2 is 2.12 bits per heavy atom. The first-order valence-corrected chi connectivity index (χ1v) is 5.39. The highest BCUT2D eigenvalue weighted by molar-refractivity contribution is 9.10. The van der Waals surface area contributed by atoms with Crippen molar-refractivity contribution >= 4 is 27.5 Å². The third kappa shape index (κ3) is 3.53. The second-order valence-electron chi connectivity index (χ2n) is 3.48. The topological polar surface area (TPSA) is 55.1 Å². The number of carbonyl (C=O) groups excluding carboxylic acids is 1. The predicted molar refractivity (Wildman–Crippen MR) is 61.0 cm³/mol. The summed E-state index contributed by atoms with van der Waals surface area (Å²) >= 11 is 2.90. The highest BCUT2D eigenvalue weighted by Gasteiger charge is 2.11. The van der Waals surface area contributed by atoms with Crippen LogP contribution in [0.25, 0.3) is 0 Å². The van der Waals surface area contributed by atoms with E-state index >= 15 is 0 Å². The van der Waals surface area contributed by atoms with Gasteiger partial charge in [-0.1, -0.05) is 0 Å². The van der Waals surface area contributed by atoms with Gasteiger partial charge >= 0.3 is 0 Å². The van der Waals surface area contributed by atoms with Gasteiger partial charge in [0.15, 0.2) is 0 Å². The summed E-state index contributed by atoms with van der Waals surface area (Å²) < 4.78 is 26.2. The highest BCUT2D eigenvalue weighted by Crippen LogP contribution is 2.23. The minimum atomic E-state index is -0.821. The van der Waals surface area contributed by atoms with E-state index in [2.05, 4.69) is 21.2 Å². The molecule has 0 spiro atoms. The smallest absolute Gasteiger partial charge is 0.225 e. The lowest BCUT2D eigenvalue weighted by molar-refractivity contribution is -0.116. The summed E-state index contributed by atoms with van der Waals surface area (Å²) in [5, 5.41) is 2.32. The minimum Gasteiger partial charge on any atom is -0.327 e. The van der Waals surface area contributed by atoms with E-state index in [-0.39, 0.29) is 22.6 Å². The number of benzene rings is 1. The maximum absolute atomic E-state index is 13.2. The molecule has 88 valence electrons. The first kappa shape index (κ1) is 13.1. The average Bonchev–Trinajstić information content (AvgIpc) is 2.12. The van der Waals surface area contributed by atoms with Crippen molar-refractivity contribution in [2.24, 2.45) is 5.73 Å². The Morgan fingerprint density at radius 1 is 1.50 bits per heavy atom. The molecule has 0 aliphatic rings. The first-order valence-electron chi connectivity index (χ1n) is 4.60. The van der Waals surface area contributed by atoms with E-state index in [1.54, 1.807) is 6.92 Å². The van der Waals surface area contributed by atoms with Gasteiger partial charge in [0.1, 0.15) is 11.6 Å². The summed E-state index contributed by atoms with van der Waals surface area (Å²) in [6.07, 6.45) is 0.0778. The maximum atomic E-state index is 13.2. The second-order valence-corrected chi connectivity index (χ2v) is 4.33. The summed E-state index contributed by atoms with van der Waals surface area (Å²) in [6, 6.07) is 1.56. The molecule has 0 fully saturated rings. The van der Waals surface area contributed by atoms with Crippen molar-refractivity contribution in [2.75, 3.05) is 5.32 Å². The van der Waals surface area contributed by atoms with Crippen LogP contribution in [-0.2, 0) is 4.79 Å². The fourth-order valence-corrected chi connectivity index (χ4v) is 1.46. The Balaban J connectivity index is 2.81. The van der Waals surface area contributed by atoms with E-state index < -0.39 is 17.5 Å². The van der Waals surface area contributed by atoms with Gasteiger partial charge in [-0.2, -0.15) is 0 Å². The summed E-state index contributed by atoms with van der Waals surface area (Å²) in [7, 11) is 0. The Kier molecular flexibility index (Phi) is 4.37. The van der Waals surface area contributed by atoms with Gasteiger partial charge in [-0.3, -0.25) is 4.79 Å². The number of carbonyl (C=O) groups is 1. The standard InChI is InChI=1S/C10H11BrF2N2O/c1-5(14)2-10(16)15-9-3-6(11)7(12)4-8(9)13/h3-5H,2,14H2,1H3,(H,15,16). The maximum Gasteiger partial charge on any atom is 0.225 e. The molecule has 0 aliphatic carbocycles. The molecule has 0 bridgehead atoms. The van der Waals surface area contributed by atoms with Gasteiger partial charge in [0.25, 0.3) is 0 Å². The van der Waals surface area contributed by atoms with E-state index in [1.807, 2.05) is 0 Å². The Bertz CT molecular complexity index is 410. The number of hydrogen-bond donors (Lipinski definition) is 2. The lowest BCUT2D eigenvalue weighted by Gasteiger charge is -2.08. The largest absolute Gasteiger partial charge is 0.327 e. The Morgan fingerprint density at radius 3 is 2.69 bits per heavy atom. The van der Waals surface area contributed by atoms with Gasteiger partial charge < -0.3 is 11.1 Å². The molecule has 1 unspecified atom stereocenters. The molecular formula is C10H11BrF2N2O. The van der Waals surface area contributed by atoms with E-state index in [4.69, 9.17) is 5.73 Å². The van der Waals surface area contributed by atoms with Crippen LogP contribution < -0.4 is 11.1 Å². The molecule has 16 heavy (non-hydrogen) atoms. The predicted octanol–water partition coefficient (Wildman–Crippen LogP) is 2.40. The number of rotatable bonds is 3. The number of nitrogens with one attached hydrogen (secondary N) is 1. The molecule has 0 saturated heterocycles. The fraction of sp³-hybridized carbons (Fsp3) is 0.300. The van der Waals surface area contributed by atoms with Gasteiger partial charge in [-0.05, 0) is 28.9 Å². The molecule has 0 saturated carbocycles. The Labute approximate surface area is 100 Å². The third-order valence-electron chi connectivity index (χ3n) is 1.79. The summed E-state index contributed by atoms with van der Waals surface area (Å²) in [5.41, 5.74) is 5.34. The van der Waals surface area contributed by atoms with E-state index in [1.165, 1.54) is 6.07 Å². The van der Waals surface area contributed by atoms with Crippen molar-refractivity contribution < 1.29 is 13.6 Å². The molecular weight excluding hydrogens is 282 g/mol. The zero-order chi connectivity index (χ0) is 12.3. The third-order valence-corrected chi connectivity index (χ3v) is 2.40. The first-order chi connectivity index (χ1) is 7.40. The summed E-state index contributed by atoms with van der Waals surface area (Å²) in [6.45, 7) is 1.66. The molecule has 1 rings (SSSR count). The molecule has 1 aromatic rings. The van der Waals surface area contributed by atoms with Crippen LogP contribution >= 0.6 is 15.9 Å². The van der Waals surface area contributed by atoms with Crippen LogP contribution in [0.4, 0.5) is 14.5 Å². The number of halogens is 3. The lowest BCUT2D eigenvalue weighted by Crippen LogP contribution is -2.24. The van der Waals surface area contributed by atoms with Crippen LogP contribution in [0, 0.1) is 11.6 Å². The second kappa shape index (κ2) is 5.36. The molecule has 1 amide bonds. The van der Waals surface area contributed by atoms with Crippen molar-refractivity contribution in [3.63, 3.8) is 0 Å². The van der Waals surface area contributed by atoms with Gasteiger partial charge in [-0.25, -0.2) is 8.78 Å². The average molecular weight is 293 g/mol. The van der Waals surface area contributed by atoms with Crippen molar-refractivity contribution in [3.05, 3.63) is 28.2 Å². The van der Waals surface area contributed by atoms with Crippen LogP contribution in [0.5, 0.6) is 0 Å². The number of nitrogens with two attached hydrogens (primary N) is 1. The molecule has 0 heterocycles. The normalized spacial score (nSPS) is 12.3. The van der Waals surface area contributed by atoms with Crippen LogP contribution in [0.1, 0.15) is 13.3 Å². The van der Waals surface area contributed by atoms with E-state index in [0.29, 0.717) is 6.07 Å². The van der Waals surface area contributed by atoms with Crippen molar-refractivity contribution in [1.29, 1.82) is 0 Å². The molecule has 3 N–H and O–H groups in total. The lowest BCUT2D eigenvalue weighted by atomic mass is 10.2. The SMILES string of the molecule is CC(N)CC(=O)Nc1cc(Br)c(F)cc1F. The van der Waals surface area contributed by atoms with E-state index in [0.717, 1.165) is 0 Å². The molecule has 0 radical (unpaired) electrons. The molecule has 1 aromatic carbocycles. The Hall–Kier alpha value is -1.01. The summed E-state index contributed by atoms with van der Waals surface area (Å²) in [4.78, 5) is 11.3. The monoisotopic (exact) mass is 292 g/mol. The van der Waals surface area contributed by atoms with Gasteiger partial charge in [0.2, 0.25) is 5.91 Å². The quantitative estimate of drug-likeness (QED) is 0.841. The summed E-state index contributed by atoms with van der Waals surface area (Å²) in [5.74, 6) is -1.95. The van der Waals surface area contributed by atoms with Crippen molar-refractivity contribution in [1.82, 2.24) is 0 Å². The van der Waals surface area contributed by atoms with Crippen LogP contribution in [0.2, 0.25) is 0 Å². The van der Waals surface area contributed by atoms with E-state index in [9.17, 15) is 13.6 Å². The van der Waals surface area contributed by atoms with Crippen molar-refractivity contribution in [3.8, 4) is 0 Å². The van der Waals surface area contributed by atoms with Crippen LogP contribution in [-0.4, -0.2) is 11.9 Å².